The molecule has 1 heterocycles. The second-order valence-corrected chi connectivity index (χ2v) is 4.95. The van der Waals surface area contributed by atoms with Gasteiger partial charge in [0.05, 0.1) is 5.25 Å². The molecule has 0 aromatic heterocycles. The quantitative estimate of drug-likeness (QED) is 0.602. The zero-order valence-electron chi connectivity index (χ0n) is 7.53. The molecule has 1 saturated heterocycles. The fourth-order valence-corrected chi connectivity index (χ4v) is 2.33. The molecule has 1 aliphatic rings. The molecule has 0 spiro atoms. The van der Waals surface area contributed by atoms with Crippen LogP contribution in [-0.4, -0.2) is 34.3 Å². The van der Waals surface area contributed by atoms with Gasteiger partial charge in [0.25, 0.3) is 0 Å². The van der Waals surface area contributed by atoms with Gasteiger partial charge < -0.3 is 0 Å². The van der Waals surface area contributed by atoms with Crippen molar-refractivity contribution in [3.63, 3.8) is 0 Å². The number of rotatable bonds is 2. The van der Waals surface area contributed by atoms with Gasteiger partial charge in [0.2, 0.25) is 11.8 Å². The second-order valence-electron chi connectivity index (χ2n) is 3.17. The molecule has 0 aromatic rings. The Kier molecular flexibility index (Phi) is 2.77. The molecular formula is C8H13NO2S. The third-order valence-corrected chi connectivity index (χ3v) is 3.02. The van der Waals surface area contributed by atoms with Crippen LogP contribution >= 0.6 is 11.8 Å². The van der Waals surface area contributed by atoms with E-state index in [-0.39, 0.29) is 17.1 Å². The normalized spacial score (nSPS) is 24.3. The van der Waals surface area contributed by atoms with Crippen molar-refractivity contribution in [3.8, 4) is 0 Å². The Labute approximate surface area is 76.5 Å². The smallest absolute Gasteiger partial charge is 0.242 e. The topological polar surface area (TPSA) is 37.4 Å². The van der Waals surface area contributed by atoms with Crippen LogP contribution in [0.2, 0.25) is 0 Å². The lowest BCUT2D eigenvalue weighted by Crippen LogP contribution is -2.27. The minimum absolute atomic E-state index is 0.0429. The van der Waals surface area contributed by atoms with E-state index in [1.54, 1.807) is 18.8 Å². The number of carbonyl (C=O) groups excluding carboxylic acids is 2. The van der Waals surface area contributed by atoms with Crippen LogP contribution in [0.1, 0.15) is 20.3 Å². The average Bonchev–Trinajstić information content (AvgIpc) is 2.17. The molecule has 0 N–H and O–H groups in total. The second kappa shape index (κ2) is 3.47. The molecule has 12 heavy (non-hydrogen) atoms. The third-order valence-electron chi connectivity index (χ3n) is 1.78. The van der Waals surface area contributed by atoms with Gasteiger partial charge in [0, 0.05) is 13.5 Å². The molecule has 3 nitrogen and oxygen atoms in total. The molecule has 1 rings (SSSR count). The molecule has 0 bridgehead atoms. The van der Waals surface area contributed by atoms with Crippen LogP contribution in [-0.2, 0) is 9.59 Å². The van der Waals surface area contributed by atoms with E-state index in [0.717, 1.165) is 0 Å². The summed E-state index contributed by atoms with van der Waals surface area (Å²) in [5.41, 5.74) is 0. The van der Waals surface area contributed by atoms with Gasteiger partial charge >= 0.3 is 0 Å². The van der Waals surface area contributed by atoms with Crippen LogP contribution in [0.3, 0.4) is 0 Å². The minimum Gasteiger partial charge on any atom is -0.285 e. The Bertz CT molecular complexity index is 215. The maximum atomic E-state index is 11.3. The number of amides is 2. The fraction of sp³-hybridized carbons (Fsp3) is 0.750. The average molecular weight is 187 g/mol. The molecular weight excluding hydrogens is 174 g/mol. The van der Waals surface area contributed by atoms with Crippen LogP contribution in [0.15, 0.2) is 0 Å². The fourth-order valence-electron chi connectivity index (χ4n) is 1.16. The van der Waals surface area contributed by atoms with Crippen molar-refractivity contribution in [1.82, 2.24) is 4.90 Å². The highest BCUT2D eigenvalue weighted by atomic mass is 32.2. The van der Waals surface area contributed by atoms with Crippen LogP contribution < -0.4 is 0 Å². The lowest BCUT2D eigenvalue weighted by molar-refractivity contribution is -0.136. The minimum atomic E-state index is -0.137. The summed E-state index contributed by atoms with van der Waals surface area (Å²) >= 11 is 1.57. The van der Waals surface area contributed by atoms with Crippen LogP contribution in [0.4, 0.5) is 0 Å². The Balaban J connectivity index is 2.59. The summed E-state index contributed by atoms with van der Waals surface area (Å²) < 4.78 is 0. The molecule has 1 aliphatic heterocycles. The summed E-state index contributed by atoms with van der Waals surface area (Å²) in [6, 6.07) is 0. The summed E-state index contributed by atoms with van der Waals surface area (Å²) in [7, 11) is 1.55. The van der Waals surface area contributed by atoms with Gasteiger partial charge in [0.15, 0.2) is 0 Å². The van der Waals surface area contributed by atoms with E-state index in [4.69, 9.17) is 0 Å². The maximum Gasteiger partial charge on any atom is 0.242 e. The number of carbonyl (C=O) groups is 2. The van der Waals surface area contributed by atoms with Gasteiger partial charge in [-0.05, 0) is 5.25 Å². The summed E-state index contributed by atoms with van der Waals surface area (Å²) in [4.78, 5) is 23.6. The first-order valence-electron chi connectivity index (χ1n) is 3.98. The first-order valence-corrected chi connectivity index (χ1v) is 4.92. The van der Waals surface area contributed by atoms with Gasteiger partial charge in [-0.2, -0.15) is 0 Å². The zero-order chi connectivity index (χ0) is 9.30. The SMILES string of the molecule is CC(C)SC1CC(=O)N(C)C1=O. The summed E-state index contributed by atoms with van der Waals surface area (Å²) in [6.45, 7) is 4.06. The molecule has 1 fully saturated rings. The lowest BCUT2D eigenvalue weighted by atomic mass is 10.4. The van der Waals surface area contributed by atoms with Crippen molar-refractivity contribution in [1.29, 1.82) is 0 Å². The van der Waals surface area contributed by atoms with Crippen molar-refractivity contribution < 1.29 is 9.59 Å². The number of hydrogen-bond acceptors (Lipinski definition) is 3. The highest BCUT2D eigenvalue weighted by Gasteiger charge is 2.36. The van der Waals surface area contributed by atoms with Crippen LogP contribution in [0.25, 0.3) is 0 Å². The monoisotopic (exact) mass is 187 g/mol. The van der Waals surface area contributed by atoms with Crippen molar-refractivity contribution >= 4 is 23.6 Å². The van der Waals surface area contributed by atoms with Crippen LogP contribution in [0.5, 0.6) is 0 Å². The van der Waals surface area contributed by atoms with E-state index in [1.165, 1.54) is 4.90 Å². The van der Waals surface area contributed by atoms with E-state index < -0.39 is 0 Å². The van der Waals surface area contributed by atoms with Gasteiger partial charge in [-0.3, -0.25) is 14.5 Å². The molecule has 0 aliphatic carbocycles. The number of thioether (sulfide) groups is 1. The highest BCUT2D eigenvalue weighted by Crippen LogP contribution is 2.26. The standard InChI is InChI=1S/C8H13NO2S/c1-5(2)12-6-4-7(10)9(3)8(6)11/h5-6H,4H2,1-3H3. The van der Waals surface area contributed by atoms with Gasteiger partial charge in [0.1, 0.15) is 0 Å². The number of hydrogen-bond donors (Lipinski definition) is 0. The summed E-state index contributed by atoms with van der Waals surface area (Å²) in [5.74, 6) is -0.100. The third kappa shape index (κ3) is 1.80. The van der Waals surface area contributed by atoms with E-state index in [0.29, 0.717) is 11.7 Å². The Morgan fingerprint density at radius 3 is 2.42 bits per heavy atom. The van der Waals surface area contributed by atoms with Crippen molar-refractivity contribution in [3.05, 3.63) is 0 Å². The Hall–Kier alpha value is -0.510. The van der Waals surface area contributed by atoms with E-state index in [2.05, 4.69) is 0 Å². The predicted molar refractivity (Wildman–Crippen MR) is 48.9 cm³/mol. The summed E-state index contributed by atoms with van der Waals surface area (Å²) in [5, 5.41) is 0.265. The van der Waals surface area contributed by atoms with Gasteiger partial charge in [-0.15, -0.1) is 11.8 Å². The number of likely N-dealkylation sites (tertiary alicyclic amines) is 1. The van der Waals surface area contributed by atoms with Crippen molar-refractivity contribution in [2.24, 2.45) is 0 Å². The van der Waals surface area contributed by atoms with Gasteiger partial charge in [-0.25, -0.2) is 0 Å². The largest absolute Gasteiger partial charge is 0.285 e. The van der Waals surface area contributed by atoms with Crippen molar-refractivity contribution in [2.45, 2.75) is 30.8 Å². The van der Waals surface area contributed by atoms with Crippen molar-refractivity contribution in [2.75, 3.05) is 7.05 Å². The van der Waals surface area contributed by atoms with Gasteiger partial charge in [-0.1, -0.05) is 13.8 Å². The molecule has 4 heteroatoms. The zero-order valence-corrected chi connectivity index (χ0v) is 8.35. The molecule has 1 unspecified atom stereocenters. The molecule has 1 atom stereocenters. The molecule has 68 valence electrons. The number of nitrogens with zero attached hydrogens (tertiary/aromatic N) is 1. The highest BCUT2D eigenvalue weighted by molar-refractivity contribution is 8.01. The molecule has 0 saturated carbocycles. The molecule has 2 amide bonds. The first-order chi connectivity index (χ1) is 5.52. The number of imide groups is 1. The maximum absolute atomic E-state index is 11.3. The van der Waals surface area contributed by atoms with Crippen LogP contribution in [0, 0.1) is 0 Å². The van der Waals surface area contributed by atoms with E-state index >= 15 is 0 Å². The summed E-state index contributed by atoms with van der Waals surface area (Å²) in [6.07, 6.45) is 0.373. The predicted octanol–water partition coefficient (Wildman–Crippen LogP) is 0.885. The van der Waals surface area contributed by atoms with E-state index in [9.17, 15) is 9.59 Å². The molecule has 0 radical (unpaired) electrons. The Morgan fingerprint density at radius 2 is 2.08 bits per heavy atom. The Morgan fingerprint density at radius 1 is 1.50 bits per heavy atom. The van der Waals surface area contributed by atoms with E-state index in [1.807, 2.05) is 13.8 Å². The first kappa shape index (κ1) is 9.58. The molecule has 0 aromatic carbocycles. The lowest BCUT2D eigenvalue weighted by Gasteiger charge is -2.10.